The monoisotopic (exact) mass is 443 g/mol. The highest BCUT2D eigenvalue weighted by atomic mass is 32.2. The zero-order chi connectivity index (χ0) is 21.9. The normalized spacial score (nSPS) is 17.7. The van der Waals surface area contributed by atoms with Gasteiger partial charge in [0.2, 0.25) is 0 Å². The van der Waals surface area contributed by atoms with Gasteiger partial charge in [-0.2, -0.15) is 4.99 Å². The Kier molecular flexibility index (Phi) is 5.77. The number of halogens is 1. The molecule has 5 rings (SSSR count). The average Bonchev–Trinajstić information content (AvgIpc) is 3.21. The average molecular weight is 444 g/mol. The molecule has 0 aromatic heterocycles. The van der Waals surface area contributed by atoms with Crippen LogP contribution in [-0.4, -0.2) is 42.2 Å². The van der Waals surface area contributed by atoms with Crippen LogP contribution in [0.15, 0.2) is 88.8 Å². The maximum Gasteiger partial charge on any atom is 0.286 e. The Morgan fingerprint density at radius 2 is 1.41 bits per heavy atom. The van der Waals surface area contributed by atoms with Crippen molar-refractivity contribution in [1.29, 1.82) is 0 Å². The summed E-state index contributed by atoms with van der Waals surface area (Å²) in [6.45, 7) is 3.16. The Morgan fingerprint density at radius 1 is 0.781 bits per heavy atom. The fourth-order valence-corrected chi connectivity index (χ4v) is 4.86. The first kappa shape index (κ1) is 20.5. The smallest absolute Gasteiger partial charge is 0.286 e. The Bertz CT molecular complexity index is 1170. The first-order valence-corrected chi connectivity index (χ1v) is 11.4. The second-order valence-electron chi connectivity index (χ2n) is 7.75. The van der Waals surface area contributed by atoms with Gasteiger partial charge >= 0.3 is 0 Å². The molecule has 6 heteroatoms. The largest absolute Gasteiger partial charge is 0.368 e. The highest BCUT2D eigenvalue weighted by Gasteiger charge is 2.28. The van der Waals surface area contributed by atoms with Crippen LogP contribution in [0.1, 0.15) is 5.56 Å². The van der Waals surface area contributed by atoms with E-state index in [1.807, 2.05) is 36.4 Å². The SMILES string of the molecule is O=C1N=C(N2CCN(c3ccc(F)cc3)CC2)SC1=Cc1ccc(-c2ccccc2)cc1. The molecule has 1 fully saturated rings. The molecule has 3 aromatic rings. The van der Waals surface area contributed by atoms with Crippen molar-refractivity contribution < 1.29 is 9.18 Å². The number of benzene rings is 3. The minimum Gasteiger partial charge on any atom is -0.368 e. The number of aliphatic imine (C=N–C) groups is 1. The summed E-state index contributed by atoms with van der Waals surface area (Å²) in [6.07, 6.45) is 1.91. The molecular weight excluding hydrogens is 421 g/mol. The van der Waals surface area contributed by atoms with Gasteiger partial charge in [-0.3, -0.25) is 4.79 Å². The van der Waals surface area contributed by atoms with Crippen LogP contribution in [0.5, 0.6) is 0 Å². The molecule has 160 valence electrons. The molecule has 0 radical (unpaired) electrons. The van der Waals surface area contributed by atoms with Gasteiger partial charge in [-0.05, 0) is 58.8 Å². The molecule has 32 heavy (non-hydrogen) atoms. The van der Waals surface area contributed by atoms with E-state index in [1.54, 1.807) is 12.1 Å². The maximum absolute atomic E-state index is 13.2. The lowest BCUT2D eigenvalue weighted by molar-refractivity contribution is -0.113. The number of amides is 1. The number of thioether (sulfide) groups is 1. The predicted molar refractivity (Wildman–Crippen MR) is 130 cm³/mol. The lowest BCUT2D eigenvalue weighted by Gasteiger charge is -2.36. The van der Waals surface area contributed by atoms with E-state index in [0.29, 0.717) is 4.91 Å². The lowest BCUT2D eigenvalue weighted by atomic mass is 10.0. The minimum absolute atomic E-state index is 0.182. The number of rotatable bonds is 3. The van der Waals surface area contributed by atoms with E-state index < -0.39 is 0 Å². The number of hydrogen-bond donors (Lipinski definition) is 0. The quantitative estimate of drug-likeness (QED) is 0.516. The molecule has 0 saturated carbocycles. The molecule has 0 unspecified atom stereocenters. The number of carbonyl (C=O) groups is 1. The van der Waals surface area contributed by atoms with Gasteiger partial charge in [0, 0.05) is 31.9 Å². The van der Waals surface area contributed by atoms with Crippen molar-refractivity contribution >= 4 is 34.6 Å². The first-order valence-electron chi connectivity index (χ1n) is 10.6. The van der Waals surface area contributed by atoms with E-state index in [4.69, 9.17) is 0 Å². The van der Waals surface area contributed by atoms with Crippen molar-refractivity contribution in [2.24, 2.45) is 4.99 Å². The number of carbonyl (C=O) groups excluding carboxylic acids is 1. The van der Waals surface area contributed by atoms with Crippen LogP contribution in [0, 0.1) is 5.82 Å². The Hall–Kier alpha value is -3.38. The van der Waals surface area contributed by atoms with Crippen molar-refractivity contribution in [2.75, 3.05) is 31.1 Å². The van der Waals surface area contributed by atoms with E-state index in [2.05, 4.69) is 39.1 Å². The fraction of sp³-hybridized carbons (Fsp3) is 0.154. The van der Waals surface area contributed by atoms with Crippen molar-refractivity contribution in [2.45, 2.75) is 0 Å². The predicted octanol–water partition coefficient (Wildman–Crippen LogP) is 5.29. The molecule has 0 N–H and O–H groups in total. The summed E-state index contributed by atoms with van der Waals surface area (Å²) >= 11 is 1.44. The number of anilines is 1. The van der Waals surface area contributed by atoms with Gasteiger partial charge in [0.15, 0.2) is 5.17 Å². The van der Waals surface area contributed by atoms with Crippen molar-refractivity contribution in [3.8, 4) is 11.1 Å². The highest BCUT2D eigenvalue weighted by Crippen LogP contribution is 2.31. The van der Waals surface area contributed by atoms with Gasteiger partial charge in [-0.1, -0.05) is 54.6 Å². The first-order chi connectivity index (χ1) is 15.7. The van der Waals surface area contributed by atoms with Crippen LogP contribution in [0.25, 0.3) is 17.2 Å². The van der Waals surface area contributed by atoms with E-state index >= 15 is 0 Å². The van der Waals surface area contributed by atoms with E-state index in [0.717, 1.165) is 48.2 Å². The highest BCUT2D eigenvalue weighted by molar-refractivity contribution is 8.18. The molecule has 2 aliphatic rings. The molecule has 2 heterocycles. The molecule has 0 aliphatic carbocycles. The number of nitrogens with zero attached hydrogens (tertiary/aromatic N) is 3. The molecule has 2 aliphatic heterocycles. The molecule has 4 nitrogen and oxygen atoms in total. The van der Waals surface area contributed by atoms with Crippen LogP contribution < -0.4 is 4.90 Å². The molecule has 0 bridgehead atoms. The maximum atomic E-state index is 13.2. The molecular formula is C26H22FN3OS. The van der Waals surface area contributed by atoms with Gasteiger partial charge < -0.3 is 9.80 Å². The standard InChI is InChI=1S/C26H22FN3OS/c27-22-10-12-23(13-11-22)29-14-16-30(17-15-29)26-28-25(31)24(32-26)18-19-6-8-21(9-7-19)20-4-2-1-3-5-20/h1-13,18H,14-17H2. The lowest BCUT2D eigenvalue weighted by Crippen LogP contribution is -2.47. The van der Waals surface area contributed by atoms with Crippen molar-refractivity contribution in [3.05, 3.63) is 95.1 Å². The summed E-state index contributed by atoms with van der Waals surface area (Å²) in [6, 6.07) is 25.0. The van der Waals surface area contributed by atoms with Gasteiger partial charge in [0.25, 0.3) is 5.91 Å². The third kappa shape index (κ3) is 4.46. The summed E-state index contributed by atoms with van der Waals surface area (Å²) < 4.78 is 13.2. The zero-order valence-electron chi connectivity index (χ0n) is 17.4. The van der Waals surface area contributed by atoms with Crippen molar-refractivity contribution in [3.63, 3.8) is 0 Å². The van der Waals surface area contributed by atoms with Gasteiger partial charge in [0.05, 0.1) is 4.91 Å². The Balaban J connectivity index is 1.22. The number of amidine groups is 1. The molecule has 1 saturated heterocycles. The zero-order valence-corrected chi connectivity index (χ0v) is 18.3. The van der Waals surface area contributed by atoms with Crippen LogP contribution >= 0.6 is 11.8 Å². The second kappa shape index (κ2) is 9.01. The molecule has 3 aromatic carbocycles. The van der Waals surface area contributed by atoms with Gasteiger partial charge in [-0.25, -0.2) is 4.39 Å². The second-order valence-corrected chi connectivity index (χ2v) is 8.76. The summed E-state index contributed by atoms with van der Waals surface area (Å²) in [5.74, 6) is -0.408. The summed E-state index contributed by atoms with van der Waals surface area (Å²) in [5.41, 5.74) is 4.32. The van der Waals surface area contributed by atoms with E-state index in [9.17, 15) is 9.18 Å². The fourth-order valence-electron chi connectivity index (χ4n) is 3.89. The Morgan fingerprint density at radius 3 is 2.09 bits per heavy atom. The van der Waals surface area contributed by atoms with Crippen LogP contribution in [0.3, 0.4) is 0 Å². The third-order valence-electron chi connectivity index (χ3n) is 5.67. The summed E-state index contributed by atoms with van der Waals surface area (Å²) in [4.78, 5) is 21.8. The number of piperazine rings is 1. The number of hydrogen-bond acceptors (Lipinski definition) is 4. The minimum atomic E-state index is -0.225. The van der Waals surface area contributed by atoms with E-state index in [-0.39, 0.29) is 11.7 Å². The van der Waals surface area contributed by atoms with Crippen LogP contribution in [0.4, 0.5) is 10.1 Å². The van der Waals surface area contributed by atoms with Gasteiger partial charge in [-0.15, -0.1) is 0 Å². The Labute approximate surface area is 191 Å². The molecule has 1 amide bonds. The molecule has 0 atom stereocenters. The topological polar surface area (TPSA) is 35.9 Å². The van der Waals surface area contributed by atoms with Crippen LogP contribution in [0.2, 0.25) is 0 Å². The van der Waals surface area contributed by atoms with E-state index in [1.165, 1.54) is 29.5 Å². The van der Waals surface area contributed by atoms with Gasteiger partial charge in [0.1, 0.15) is 5.82 Å². The van der Waals surface area contributed by atoms with Crippen LogP contribution in [-0.2, 0) is 4.79 Å². The third-order valence-corrected chi connectivity index (χ3v) is 6.71. The summed E-state index contributed by atoms with van der Waals surface area (Å²) in [7, 11) is 0. The van der Waals surface area contributed by atoms with Crippen molar-refractivity contribution in [1.82, 2.24) is 4.90 Å². The molecule has 0 spiro atoms. The summed E-state index contributed by atoms with van der Waals surface area (Å²) in [5, 5.41) is 0.765.